The van der Waals surface area contributed by atoms with Gasteiger partial charge in [-0.15, -0.1) is 11.3 Å². The molecule has 1 saturated carbocycles. The molecule has 6 nitrogen and oxygen atoms in total. The Kier molecular flexibility index (Phi) is 4.46. The quantitative estimate of drug-likeness (QED) is 0.725. The number of aromatic nitrogens is 3. The lowest BCUT2D eigenvalue weighted by Gasteiger charge is -2.17. The Hall–Kier alpha value is -1.96. The highest BCUT2D eigenvalue weighted by molar-refractivity contribution is 7.17. The van der Waals surface area contributed by atoms with Crippen molar-refractivity contribution in [3.05, 3.63) is 56.0 Å². The van der Waals surface area contributed by atoms with Crippen molar-refractivity contribution in [2.45, 2.75) is 25.8 Å². The van der Waals surface area contributed by atoms with Crippen LogP contribution in [0.3, 0.4) is 0 Å². The summed E-state index contributed by atoms with van der Waals surface area (Å²) in [5, 5.41) is 9.94. The summed E-state index contributed by atoms with van der Waals surface area (Å²) >= 11 is 7.41. The van der Waals surface area contributed by atoms with Crippen LogP contribution in [0.1, 0.15) is 28.6 Å². The molecule has 136 valence electrons. The third-order valence-electron chi connectivity index (χ3n) is 4.80. The summed E-state index contributed by atoms with van der Waals surface area (Å²) in [6.07, 6.45) is 2.53. The highest BCUT2D eigenvalue weighted by atomic mass is 35.5. The van der Waals surface area contributed by atoms with E-state index < -0.39 is 0 Å². The normalized spacial score (nSPS) is 19.1. The second-order valence-electron chi connectivity index (χ2n) is 6.72. The molecule has 2 unspecified atom stereocenters. The average Bonchev–Trinajstić information content (AvgIpc) is 3.30. The summed E-state index contributed by atoms with van der Waals surface area (Å²) in [7, 11) is 1.90. The van der Waals surface area contributed by atoms with E-state index in [2.05, 4.69) is 9.97 Å². The zero-order valence-corrected chi connectivity index (χ0v) is 16.1. The molecular formula is C18H19ClN4O2S. The van der Waals surface area contributed by atoms with Gasteiger partial charge in [0.1, 0.15) is 5.82 Å². The van der Waals surface area contributed by atoms with Gasteiger partial charge in [-0.2, -0.15) is 0 Å². The van der Waals surface area contributed by atoms with Crippen molar-refractivity contribution in [1.82, 2.24) is 14.4 Å². The molecule has 0 saturated heterocycles. The maximum absolute atomic E-state index is 12.7. The Morgan fingerprint density at radius 3 is 2.92 bits per heavy atom. The highest BCUT2D eigenvalue weighted by Crippen LogP contribution is 2.49. The molecule has 1 N–H and O–H groups in total. The van der Waals surface area contributed by atoms with Gasteiger partial charge in [-0.05, 0) is 31.4 Å². The molecule has 1 fully saturated rings. The zero-order chi connectivity index (χ0) is 18.4. The summed E-state index contributed by atoms with van der Waals surface area (Å²) in [5.74, 6) is 1.29. The minimum Gasteiger partial charge on any atom is -0.396 e. The predicted molar refractivity (Wildman–Crippen MR) is 103 cm³/mol. The molecule has 3 aromatic heterocycles. The van der Waals surface area contributed by atoms with Crippen molar-refractivity contribution in [1.29, 1.82) is 0 Å². The van der Waals surface area contributed by atoms with E-state index in [1.54, 1.807) is 22.7 Å². The molecule has 8 heteroatoms. The van der Waals surface area contributed by atoms with Gasteiger partial charge in [0, 0.05) is 42.4 Å². The number of pyridine rings is 1. The van der Waals surface area contributed by atoms with Crippen LogP contribution in [-0.4, -0.2) is 33.1 Å². The SMILES string of the molecule is Cc1sc2nc(CN(C)c3ccc(Cl)cn3)cc(=O)n2c1C1CC1CO. The fourth-order valence-corrected chi connectivity index (χ4v) is 4.53. The van der Waals surface area contributed by atoms with Gasteiger partial charge in [0.25, 0.3) is 5.56 Å². The second-order valence-corrected chi connectivity index (χ2v) is 8.34. The van der Waals surface area contributed by atoms with E-state index in [9.17, 15) is 9.90 Å². The first-order valence-corrected chi connectivity index (χ1v) is 9.63. The third-order valence-corrected chi connectivity index (χ3v) is 5.99. The topological polar surface area (TPSA) is 70.7 Å². The number of hydrogen-bond acceptors (Lipinski definition) is 6. The number of hydrogen-bond donors (Lipinski definition) is 1. The lowest BCUT2D eigenvalue weighted by molar-refractivity contribution is 0.273. The van der Waals surface area contributed by atoms with E-state index in [0.29, 0.717) is 22.2 Å². The summed E-state index contributed by atoms with van der Waals surface area (Å²) in [4.78, 5) is 25.4. The van der Waals surface area contributed by atoms with Crippen molar-refractivity contribution in [2.24, 2.45) is 5.92 Å². The zero-order valence-electron chi connectivity index (χ0n) is 14.5. The Bertz CT molecular complexity index is 1010. The minimum absolute atomic E-state index is 0.0644. The van der Waals surface area contributed by atoms with Gasteiger partial charge >= 0.3 is 0 Å². The van der Waals surface area contributed by atoms with Crippen LogP contribution in [0.15, 0.2) is 29.2 Å². The molecule has 4 rings (SSSR count). The van der Waals surface area contributed by atoms with Crippen LogP contribution in [-0.2, 0) is 6.54 Å². The molecule has 0 bridgehead atoms. The van der Waals surface area contributed by atoms with Crippen LogP contribution >= 0.6 is 22.9 Å². The standard InChI is InChI=1S/C18H19ClN4O2S/c1-10-17(14-5-11(14)9-24)23-16(25)6-13(21-18(23)26-10)8-22(2)15-4-3-12(19)7-20-15/h3-4,6-7,11,14,24H,5,8-9H2,1-2H3. The van der Waals surface area contributed by atoms with Crippen LogP contribution in [0.2, 0.25) is 5.02 Å². The van der Waals surface area contributed by atoms with Crippen LogP contribution in [0, 0.1) is 12.8 Å². The van der Waals surface area contributed by atoms with E-state index >= 15 is 0 Å². The predicted octanol–water partition coefficient (Wildman–Crippen LogP) is 2.85. The largest absolute Gasteiger partial charge is 0.396 e. The molecule has 1 aliphatic carbocycles. The Balaban J connectivity index is 1.65. The van der Waals surface area contributed by atoms with Crippen molar-refractivity contribution in [3.8, 4) is 0 Å². The van der Waals surface area contributed by atoms with Gasteiger partial charge in [0.2, 0.25) is 0 Å². The molecule has 3 heterocycles. The highest BCUT2D eigenvalue weighted by Gasteiger charge is 2.41. The number of rotatable bonds is 5. The molecule has 3 aromatic rings. The molecule has 1 aliphatic rings. The lowest BCUT2D eigenvalue weighted by atomic mass is 10.2. The Labute approximate surface area is 159 Å². The van der Waals surface area contributed by atoms with Crippen molar-refractivity contribution in [3.63, 3.8) is 0 Å². The minimum atomic E-state index is -0.0644. The second kappa shape index (κ2) is 6.64. The third kappa shape index (κ3) is 3.11. The Morgan fingerprint density at radius 2 is 2.27 bits per heavy atom. The van der Waals surface area contributed by atoms with Crippen LogP contribution in [0.5, 0.6) is 0 Å². The average molecular weight is 391 g/mol. The first kappa shape index (κ1) is 17.5. The Morgan fingerprint density at radius 1 is 1.46 bits per heavy atom. The number of thiazole rings is 1. The molecule has 0 radical (unpaired) electrons. The van der Waals surface area contributed by atoms with E-state index in [1.807, 2.05) is 24.9 Å². The number of aryl methyl sites for hydroxylation is 1. The summed E-state index contributed by atoms with van der Waals surface area (Å²) in [6.45, 7) is 2.67. The number of anilines is 1. The number of aliphatic hydroxyl groups excluding tert-OH is 1. The number of nitrogens with zero attached hydrogens (tertiary/aromatic N) is 4. The first-order chi connectivity index (χ1) is 12.5. The van der Waals surface area contributed by atoms with Crippen molar-refractivity contribution >= 4 is 33.7 Å². The molecule has 0 aromatic carbocycles. The van der Waals surface area contributed by atoms with Crippen molar-refractivity contribution in [2.75, 3.05) is 18.6 Å². The van der Waals surface area contributed by atoms with Gasteiger partial charge in [-0.25, -0.2) is 9.97 Å². The van der Waals surface area contributed by atoms with Crippen LogP contribution in [0.4, 0.5) is 5.82 Å². The lowest BCUT2D eigenvalue weighted by Crippen LogP contribution is -2.22. The first-order valence-electron chi connectivity index (χ1n) is 8.43. The van der Waals surface area contributed by atoms with Crippen molar-refractivity contribution < 1.29 is 5.11 Å². The van der Waals surface area contributed by atoms with Gasteiger partial charge in [-0.1, -0.05) is 11.6 Å². The van der Waals surface area contributed by atoms with E-state index in [0.717, 1.165) is 22.8 Å². The van der Waals surface area contributed by atoms with Gasteiger partial charge in [0.05, 0.1) is 17.3 Å². The summed E-state index contributed by atoms with van der Waals surface area (Å²) in [5.41, 5.74) is 1.66. The summed E-state index contributed by atoms with van der Waals surface area (Å²) < 4.78 is 1.71. The van der Waals surface area contributed by atoms with E-state index in [4.69, 9.17) is 11.6 Å². The fraction of sp³-hybridized carbons (Fsp3) is 0.389. The molecule has 26 heavy (non-hydrogen) atoms. The molecule has 0 spiro atoms. The van der Waals surface area contributed by atoms with Gasteiger partial charge in [0.15, 0.2) is 4.96 Å². The van der Waals surface area contributed by atoms with Crippen LogP contribution < -0.4 is 10.5 Å². The van der Waals surface area contributed by atoms with Gasteiger partial charge in [-0.3, -0.25) is 9.20 Å². The van der Waals surface area contributed by atoms with Gasteiger partial charge < -0.3 is 10.0 Å². The number of halogens is 1. The number of fused-ring (bicyclic) bond motifs is 1. The fourth-order valence-electron chi connectivity index (χ4n) is 3.35. The molecule has 2 atom stereocenters. The maximum atomic E-state index is 12.7. The van der Waals surface area contributed by atoms with E-state index in [1.165, 1.54) is 11.3 Å². The number of aliphatic hydroxyl groups is 1. The van der Waals surface area contributed by atoms with Crippen LogP contribution in [0.25, 0.3) is 4.96 Å². The molecular weight excluding hydrogens is 372 g/mol. The summed E-state index contributed by atoms with van der Waals surface area (Å²) in [6, 6.07) is 5.21. The maximum Gasteiger partial charge on any atom is 0.259 e. The molecule has 0 aliphatic heterocycles. The smallest absolute Gasteiger partial charge is 0.259 e. The molecule has 0 amide bonds. The monoisotopic (exact) mass is 390 g/mol. The van der Waals surface area contributed by atoms with E-state index in [-0.39, 0.29) is 24.0 Å².